The minimum atomic E-state index is -0.763. The van der Waals surface area contributed by atoms with E-state index in [1.807, 2.05) is 5.32 Å². The summed E-state index contributed by atoms with van der Waals surface area (Å²) >= 11 is 1.10. The van der Waals surface area contributed by atoms with Crippen LogP contribution < -0.4 is 10.6 Å². The highest BCUT2D eigenvalue weighted by Crippen LogP contribution is 2.38. The van der Waals surface area contributed by atoms with E-state index in [-0.39, 0.29) is 9.81 Å². The van der Waals surface area contributed by atoms with Gasteiger partial charge in [0.1, 0.15) is 16.4 Å². The molecule has 0 aromatic heterocycles. The molecule has 0 bridgehead atoms. The highest BCUT2D eigenvalue weighted by molar-refractivity contribution is 8.22. The monoisotopic (exact) mass is 363 g/mol. The van der Waals surface area contributed by atoms with E-state index in [0.717, 1.165) is 4.90 Å². The number of rotatable bonds is 3. The standard InChI is InChI=1S/C14H9N3O5S2/c18-8(15-7-4-2-1-3-5-7)6-17-12(20)10(24-14(17)22)9-11(19)16-13(21)23-9/h1-5H,6H2,(H,15,18)(H,16,19,21)/b10-9+. The van der Waals surface area contributed by atoms with Crippen LogP contribution in [0.4, 0.5) is 15.3 Å². The van der Waals surface area contributed by atoms with Crippen LogP contribution in [0.1, 0.15) is 0 Å². The van der Waals surface area contributed by atoms with Crippen LogP contribution in [0, 0.1) is 0 Å². The first-order valence-electron chi connectivity index (χ1n) is 6.61. The zero-order valence-corrected chi connectivity index (χ0v) is 13.5. The number of carbonyl (C=O) groups is 5. The van der Waals surface area contributed by atoms with E-state index in [0.29, 0.717) is 29.2 Å². The molecule has 0 aliphatic carbocycles. The molecule has 2 N–H and O–H groups in total. The number of nitrogens with one attached hydrogen (secondary N) is 2. The number of nitrogens with zero attached hydrogens (tertiary/aromatic N) is 1. The van der Waals surface area contributed by atoms with Crippen LogP contribution in [-0.2, 0) is 14.4 Å². The number of imide groups is 2. The van der Waals surface area contributed by atoms with Crippen molar-refractivity contribution < 1.29 is 24.0 Å². The van der Waals surface area contributed by atoms with Gasteiger partial charge in [0.2, 0.25) is 5.91 Å². The Morgan fingerprint density at radius 3 is 2.38 bits per heavy atom. The number of amides is 5. The van der Waals surface area contributed by atoms with Gasteiger partial charge in [-0.2, -0.15) is 0 Å². The maximum atomic E-state index is 12.3. The summed E-state index contributed by atoms with van der Waals surface area (Å²) in [7, 11) is 0. The highest BCUT2D eigenvalue weighted by atomic mass is 32.2. The molecule has 122 valence electrons. The zero-order valence-electron chi connectivity index (χ0n) is 11.9. The lowest BCUT2D eigenvalue weighted by molar-refractivity contribution is -0.127. The van der Waals surface area contributed by atoms with Gasteiger partial charge in [0.25, 0.3) is 22.3 Å². The fourth-order valence-electron chi connectivity index (χ4n) is 2.00. The van der Waals surface area contributed by atoms with Crippen molar-refractivity contribution in [1.82, 2.24) is 10.2 Å². The molecule has 2 aliphatic heterocycles. The molecule has 24 heavy (non-hydrogen) atoms. The Labute approximate surface area is 144 Å². The average molecular weight is 363 g/mol. The molecule has 3 rings (SSSR count). The van der Waals surface area contributed by atoms with Crippen LogP contribution in [0.25, 0.3) is 0 Å². The van der Waals surface area contributed by atoms with Gasteiger partial charge in [0, 0.05) is 5.69 Å². The Morgan fingerprint density at radius 2 is 1.75 bits per heavy atom. The third-order valence-corrected chi connectivity index (χ3v) is 5.02. The molecule has 2 heterocycles. The van der Waals surface area contributed by atoms with Gasteiger partial charge in [0.05, 0.1) is 0 Å². The largest absolute Gasteiger partial charge is 0.325 e. The first-order valence-corrected chi connectivity index (χ1v) is 8.25. The summed E-state index contributed by atoms with van der Waals surface area (Å²) in [5.74, 6) is -2.03. The van der Waals surface area contributed by atoms with E-state index in [9.17, 15) is 24.0 Å². The molecule has 10 heteroatoms. The van der Waals surface area contributed by atoms with Crippen molar-refractivity contribution >= 4 is 57.4 Å². The number of para-hydroxylation sites is 1. The van der Waals surface area contributed by atoms with E-state index in [1.165, 1.54) is 0 Å². The molecule has 0 radical (unpaired) electrons. The zero-order chi connectivity index (χ0) is 17.3. The molecule has 8 nitrogen and oxygen atoms in total. The lowest BCUT2D eigenvalue weighted by Gasteiger charge is -2.12. The van der Waals surface area contributed by atoms with Crippen molar-refractivity contribution in [3.8, 4) is 0 Å². The average Bonchev–Trinajstić information content (AvgIpc) is 3.01. The van der Waals surface area contributed by atoms with Gasteiger partial charge >= 0.3 is 0 Å². The molecule has 1 aromatic carbocycles. The molecular weight excluding hydrogens is 354 g/mol. The predicted octanol–water partition coefficient (Wildman–Crippen LogP) is 1.52. The van der Waals surface area contributed by atoms with E-state index in [4.69, 9.17) is 0 Å². The predicted molar refractivity (Wildman–Crippen MR) is 87.9 cm³/mol. The Bertz CT molecular complexity index is 806. The summed E-state index contributed by atoms with van der Waals surface area (Å²) in [5, 5.41) is 3.31. The number of benzene rings is 1. The minimum absolute atomic E-state index is 0.116. The third kappa shape index (κ3) is 3.19. The Hall–Kier alpha value is -2.59. The van der Waals surface area contributed by atoms with E-state index in [1.54, 1.807) is 30.3 Å². The van der Waals surface area contributed by atoms with E-state index < -0.39 is 34.7 Å². The van der Waals surface area contributed by atoms with Crippen molar-refractivity contribution in [1.29, 1.82) is 0 Å². The van der Waals surface area contributed by atoms with Crippen LogP contribution in [0.3, 0.4) is 0 Å². The normalized spacial score (nSPS) is 20.6. The quantitative estimate of drug-likeness (QED) is 0.783. The molecular formula is C14H9N3O5S2. The fraction of sp³-hybridized carbons (Fsp3) is 0.0714. The van der Waals surface area contributed by atoms with Crippen molar-refractivity contribution in [3.63, 3.8) is 0 Å². The van der Waals surface area contributed by atoms with Crippen LogP contribution in [-0.4, -0.2) is 39.6 Å². The molecule has 0 saturated carbocycles. The molecule has 0 spiro atoms. The number of hydrogen-bond acceptors (Lipinski definition) is 7. The van der Waals surface area contributed by atoms with Crippen LogP contribution in [0.2, 0.25) is 0 Å². The first kappa shape index (κ1) is 16.3. The Morgan fingerprint density at radius 1 is 1.04 bits per heavy atom. The summed E-state index contributed by atoms with van der Waals surface area (Å²) < 4.78 is 0. The molecule has 2 aliphatic rings. The first-order chi connectivity index (χ1) is 11.5. The molecule has 0 unspecified atom stereocenters. The van der Waals surface area contributed by atoms with Crippen molar-refractivity contribution in [2.24, 2.45) is 0 Å². The van der Waals surface area contributed by atoms with Gasteiger partial charge in [0.15, 0.2) is 0 Å². The number of thioether (sulfide) groups is 2. The summed E-state index contributed by atoms with van der Waals surface area (Å²) in [4.78, 5) is 59.5. The van der Waals surface area contributed by atoms with Gasteiger partial charge in [-0.15, -0.1) is 0 Å². The lowest BCUT2D eigenvalue weighted by atomic mass is 10.3. The minimum Gasteiger partial charge on any atom is -0.325 e. The number of hydrogen-bond donors (Lipinski definition) is 2. The molecule has 1 aromatic rings. The van der Waals surface area contributed by atoms with Gasteiger partial charge < -0.3 is 5.32 Å². The van der Waals surface area contributed by atoms with Crippen molar-refractivity contribution in [3.05, 3.63) is 40.1 Å². The Balaban J connectivity index is 1.73. The van der Waals surface area contributed by atoms with E-state index in [2.05, 4.69) is 5.32 Å². The second-order valence-electron chi connectivity index (χ2n) is 4.68. The summed E-state index contributed by atoms with van der Waals surface area (Å²) in [6, 6.07) is 8.57. The van der Waals surface area contributed by atoms with Crippen LogP contribution >= 0.6 is 23.5 Å². The van der Waals surface area contributed by atoms with Crippen molar-refractivity contribution in [2.45, 2.75) is 0 Å². The van der Waals surface area contributed by atoms with Gasteiger partial charge in [-0.25, -0.2) is 0 Å². The molecule has 5 amide bonds. The van der Waals surface area contributed by atoms with Gasteiger partial charge in [-0.05, 0) is 35.7 Å². The molecule has 2 saturated heterocycles. The molecule has 0 atom stereocenters. The van der Waals surface area contributed by atoms with Crippen molar-refractivity contribution in [2.75, 3.05) is 11.9 Å². The maximum absolute atomic E-state index is 12.3. The number of anilines is 1. The summed E-state index contributed by atoms with van der Waals surface area (Å²) in [5.41, 5.74) is 0.532. The fourth-order valence-corrected chi connectivity index (χ4v) is 3.72. The third-order valence-electron chi connectivity index (χ3n) is 3.03. The van der Waals surface area contributed by atoms with Crippen LogP contribution in [0.5, 0.6) is 0 Å². The maximum Gasteiger partial charge on any atom is 0.294 e. The smallest absolute Gasteiger partial charge is 0.294 e. The van der Waals surface area contributed by atoms with Crippen LogP contribution in [0.15, 0.2) is 40.1 Å². The number of carbonyl (C=O) groups excluding carboxylic acids is 5. The topological polar surface area (TPSA) is 113 Å². The lowest BCUT2D eigenvalue weighted by Crippen LogP contribution is -2.36. The second kappa shape index (κ2) is 6.49. The Kier molecular flexibility index (Phi) is 4.40. The van der Waals surface area contributed by atoms with E-state index >= 15 is 0 Å². The van der Waals surface area contributed by atoms with Gasteiger partial charge in [-0.1, -0.05) is 18.2 Å². The summed E-state index contributed by atoms with van der Waals surface area (Å²) in [6.45, 7) is -0.476. The van der Waals surface area contributed by atoms with Gasteiger partial charge in [-0.3, -0.25) is 34.2 Å². The highest BCUT2D eigenvalue weighted by Gasteiger charge is 2.42. The molecule has 2 fully saturated rings. The second-order valence-corrected chi connectivity index (χ2v) is 6.62. The SMILES string of the molecule is O=C(CN1C(=O)S/C(=C2/SC(=O)NC2=O)C1=O)Nc1ccccc1. The summed E-state index contributed by atoms with van der Waals surface area (Å²) in [6.07, 6.45) is 0.